The van der Waals surface area contributed by atoms with Gasteiger partial charge in [0.05, 0.1) is 6.04 Å². The number of hydrogen-bond donors (Lipinski definition) is 1. The molecule has 2 saturated heterocycles. The van der Waals surface area contributed by atoms with Crippen LogP contribution < -0.4 is 10.5 Å². The second-order valence-corrected chi connectivity index (χ2v) is 6.66. The van der Waals surface area contributed by atoms with Gasteiger partial charge in [0.25, 0.3) is 5.91 Å². The average Bonchev–Trinajstić information content (AvgIpc) is 3.23. The lowest BCUT2D eigenvalue weighted by Crippen LogP contribution is -2.39. The molecule has 0 aliphatic carbocycles. The van der Waals surface area contributed by atoms with E-state index in [2.05, 4.69) is 0 Å². The summed E-state index contributed by atoms with van der Waals surface area (Å²) in [5.41, 5.74) is 6.20. The van der Waals surface area contributed by atoms with Crippen molar-refractivity contribution >= 4 is 11.8 Å². The number of alkyl halides is 1. The minimum absolute atomic E-state index is 0.0119. The van der Waals surface area contributed by atoms with Crippen LogP contribution in [0.2, 0.25) is 0 Å². The average molecular weight is 349 g/mol. The molecule has 0 unspecified atom stereocenters. The molecular weight excluding hydrogens is 325 g/mol. The fourth-order valence-corrected chi connectivity index (χ4v) is 3.51. The Balaban J connectivity index is 1.64. The molecule has 25 heavy (non-hydrogen) atoms. The molecule has 0 aromatic heterocycles. The van der Waals surface area contributed by atoms with Crippen molar-refractivity contribution < 1.29 is 18.7 Å². The first kappa shape index (κ1) is 17.7. The molecule has 1 aromatic rings. The first-order chi connectivity index (χ1) is 12.0. The number of halogens is 1. The summed E-state index contributed by atoms with van der Waals surface area (Å²) in [5.74, 6) is 0.0515. The number of hydrogen-bond acceptors (Lipinski definition) is 4. The van der Waals surface area contributed by atoms with Gasteiger partial charge >= 0.3 is 0 Å². The van der Waals surface area contributed by atoms with Gasteiger partial charge in [-0.2, -0.15) is 0 Å². The highest BCUT2D eigenvalue weighted by molar-refractivity contribution is 5.80. The third-order valence-electron chi connectivity index (χ3n) is 4.84. The van der Waals surface area contributed by atoms with Crippen LogP contribution >= 0.6 is 0 Å². The quantitative estimate of drug-likeness (QED) is 0.834. The Labute approximate surface area is 146 Å². The Kier molecular flexibility index (Phi) is 5.53. The van der Waals surface area contributed by atoms with Crippen molar-refractivity contribution in [1.29, 1.82) is 0 Å². The Hall–Kier alpha value is -2.15. The first-order valence-electron chi connectivity index (χ1n) is 8.70. The lowest BCUT2D eigenvalue weighted by atomic mass is 10.1. The summed E-state index contributed by atoms with van der Waals surface area (Å²) in [7, 11) is 0. The molecule has 0 radical (unpaired) electrons. The summed E-state index contributed by atoms with van der Waals surface area (Å²) in [5, 5.41) is 0. The standard InChI is InChI=1S/C18H24FN3O3/c19-14-9-15(18(20)24)22(11-14)10-13-5-1-2-6-16(13)25-12-17(23)21-7-3-4-8-21/h1-2,5-6,14-15H,3-4,7-12H2,(H2,20,24)/t14-,15+/m1/s1. The molecule has 2 aliphatic heterocycles. The van der Waals surface area contributed by atoms with Gasteiger partial charge in [-0.05, 0) is 18.9 Å². The third-order valence-corrected chi connectivity index (χ3v) is 4.84. The maximum absolute atomic E-state index is 13.7. The van der Waals surface area contributed by atoms with E-state index in [4.69, 9.17) is 10.5 Å². The van der Waals surface area contributed by atoms with Crippen LogP contribution in [0.25, 0.3) is 0 Å². The minimum atomic E-state index is -1.05. The third kappa shape index (κ3) is 4.28. The van der Waals surface area contributed by atoms with Crippen molar-refractivity contribution in [3.05, 3.63) is 29.8 Å². The summed E-state index contributed by atoms with van der Waals surface area (Å²) < 4.78 is 19.4. The molecule has 1 aromatic carbocycles. The number of ether oxygens (including phenoxy) is 1. The number of likely N-dealkylation sites (tertiary alicyclic amines) is 2. The van der Waals surface area contributed by atoms with Crippen LogP contribution in [0.1, 0.15) is 24.8 Å². The Morgan fingerprint density at radius 3 is 2.68 bits per heavy atom. The highest BCUT2D eigenvalue weighted by Crippen LogP contribution is 2.26. The zero-order valence-electron chi connectivity index (χ0n) is 14.2. The summed E-state index contributed by atoms with van der Waals surface area (Å²) in [4.78, 5) is 27.2. The largest absolute Gasteiger partial charge is 0.483 e. The van der Waals surface area contributed by atoms with Crippen LogP contribution in [0.15, 0.2) is 24.3 Å². The number of para-hydroxylation sites is 1. The van der Waals surface area contributed by atoms with E-state index in [-0.39, 0.29) is 25.5 Å². The summed E-state index contributed by atoms with van der Waals surface area (Å²) in [6.07, 6.45) is 1.15. The molecule has 2 aliphatic rings. The van der Waals surface area contributed by atoms with Gasteiger partial charge in [0, 0.05) is 38.2 Å². The van der Waals surface area contributed by atoms with Gasteiger partial charge in [0.1, 0.15) is 11.9 Å². The predicted octanol–water partition coefficient (Wildman–Crippen LogP) is 1.09. The molecule has 7 heteroatoms. The SMILES string of the molecule is NC(=O)[C@@H]1C[C@@H](F)CN1Cc1ccccc1OCC(=O)N1CCCC1. The molecule has 2 atom stereocenters. The first-order valence-corrected chi connectivity index (χ1v) is 8.70. The molecule has 2 heterocycles. The smallest absolute Gasteiger partial charge is 0.260 e. The molecule has 0 bridgehead atoms. The lowest BCUT2D eigenvalue weighted by Gasteiger charge is -2.23. The molecule has 3 rings (SSSR count). The minimum Gasteiger partial charge on any atom is -0.483 e. The number of amides is 2. The van der Waals surface area contributed by atoms with Crippen LogP contribution in [0, 0.1) is 0 Å². The van der Waals surface area contributed by atoms with Gasteiger partial charge in [-0.15, -0.1) is 0 Å². The zero-order chi connectivity index (χ0) is 17.8. The topological polar surface area (TPSA) is 75.9 Å². The second kappa shape index (κ2) is 7.82. The summed E-state index contributed by atoms with van der Waals surface area (Å²) in [6, 6.07) is 6.72. The number of primary amides is 1. The van der Waals surface area contributed by atoms with E-state index >= 15 is 0 Å². The summed E-state index contributed by atoms with van der Waals surface area (Å²) >= 11 is 0. The van der Waals surface area contributed by atoms with E-state index < -0.39 is 18.1 Å². The van der Waals surface area contributed by atoms with Crippen molar-refractivity contribution in [3.63, 3.8) is 0 Å². The van der Waals surface area contributed by atoms with Crippen molar-refractivity contribution in [2.45, 2.75) is 38.0 Å². The molecule has 0 spiro atoms. The normalized spacial score (nSPS) is 23.8. The lowest BCUT2D eigenvalue weighted by molar-refractivity contribution is -0.132. The van der Waals surface area contributed by atoms with E-state index in [0.29, 0.717) is 12.3 Å². The monoisotopic (exact) mass is 349 g/mol. The zero-order valence-corrected chi connectivity index (χ0v) is 14.2. The van der Waals surface area contributed by atoms with Crippen molar-refractivity contribution in [2.24, 2.45) is 5.73 Å². The van der Waals surface area contributed by atoms with Crippen LogP contribution in [-0.2, 0) is 16.1 Å². The van der Waals surface area contributed by atoms with Gasteiger partial charge in [-0.3, -0.25) is 14.5 Å². The van der Waals surface area contributed by atoms with Crippen LogP contribution in [-0.4, -0.2) is 60.1 Å². The number of nitrogens with two attached hydrogens (primary N) is 1. The van der Waals surface area contributed by atoms with Gasteiger partial charge < -0.3 is 15.4 Å². The van der Waals surface area contributed by atoms with Crippen LogP contribution in [0.5, 0.6) is 5.75 Å². The molecule has 2 fully saturated rings. The van der Waals surface area contributed by atoms with Crippen LogP contribution in [0.4, 0.5) is 4.39 Å². The van der Waals surface area contributed by atoms with E-state index in [0.717, 1.165) is 31.5 Å². The van der Waals surface area contributed by atoms with E-state index in [1.54, 1.807) is 15.9 Å². The predicted molar refractivity (Wildman–Crippen MR) is 90.7 cm³/mol. The fourth-order valence-electron chi connectivity index (χ4n) is 3.51. The molecule has 2 N–H and O–H groups in total. The van der Waals surface area contributed by atoms with Crippen LogP contribution in [0.3, 0.4) is 0 Å². The second-order valence-electron chi connectivity index (χ2n) is 6.66. The summed E-state index contributed by atoms with van der Waals surface area (Å²) in [6.45, 7) is 2.10. The van der Waals surface area contributed by atoms with Crippen molar-refractivity contribution in [3.8, 4) is 5.75 Å². The number of carbonyl (C=O) groups excluding carboxylic acids is 2. The van der Waals surface area contributed by atoms with Gasteiger partial charge in [-0.25, -0.2) is 4.39 Å². The number of carbonyl (C=O) groups is 2. The fraction of sp³-hybridized carbons (Fsp3) is 0.556. The molecule has 136 valence electrons. The highest BCUT2D eigenvalue weighted by atomic mass is 19.1. The molecule has 2 amide bonds. The molecule has 6 nitrogen and oxygen atoms in total. The van der Waals surface area contributed by atoms with Crippen molar-refractivity contribution in [2.75, 3.05) is 26.2 Å². The Bertz CT molecular complexity index is 634. The van der Waals surface area contributed by atoms with Gasteiger partial charge in [0.2, 0.25) is 5.91 Å². The Morgan fingerprint density at radius 1 is 1.24 bits per heavy atom. The van der Waals surface area contributed by atoms with E-state index in [1.165, 1.54) is 0 Å². The number of benzene rings is 1. The maximum atomic E-state index is 13.7. The van der Waals surface area contributed by atoms with Crippen molar-refractivity contribution in [1.82, 2.24) is 9.80 Å². The van der Waals surface area contributed by atoms with Gasteiger partial charge in [0.15, 0.2) is 6.61 Å². The molecular formula is C18H24FN3O3. The maximum Gasteiger partial charge on any atom is 0.260 e. The molecule has 0 saturated carbocycles. The highest BCUT2D eigenvalue weighted by Gasteiger charge is 2.36. The Morgan fingerprint density at radius 2 is 1.96 bits per heavy atom. The number of nitrogens with zero attached hydrogens (tertiary/aromatic N) is 2. The number of rotatable bonds is 6. The van der Waals surface area contributed by atoms with E-state index in [9.17, 15) is 14.0 Å². The van der Waals surface area contributed by atoms with E-state index in [1.807, 2.05) is 18.2 Å². The van der Waals surface area contributed by atoms with Gasteiger partial charge in [-0.1, -0.05) is 18.2 Å².